The van der Waals surface area contributed by atoms with Gasteiger partial charge in [-0.3, -0.25) is 9.59 Å². The fraction of sp³-hybridized carbons (Fsp3) is 0.286. The van der Waals surface area contributed by atoms with Gasteiger partial charge in [0.1, 0.15) is 6.54 Å². The molecule has 1 amide bonds. The summed E-state index contributed by atoms with van der Waals surface area (Å²) in [5.41, 5.74) is 3.18. The predicted octanol–water partition coefficient (Wildman–Crippen LogP) is 3.94. The van der Waals surface area contributed by atoms with E-state index in [-0.39, 0.29) is 18.4 Å². The van der Waals surface area contributed by atoms with E-state index in [2.05, 4.69) is 4.99 Å². The molecular formula is C21H22N2O3S2. The minimum atomic E-state index is -0.338. The third-order valence-corrected chi connectivity index (χ3v) is 6.02. The van der Waals surface area contributed by atoms with Crippen molar-refractivity contribution in [3.05, 3.63) is 64.5 Å². The van der Waals surface area contributed by atoms with E-state index in [4.69, 9.17) is 4.74 Å². The molecule has 0 spiro atoms. The number of fused-ring (bicyclic) bond motifs is 1. The van der Waals surface area contributed by atoms with Crippen molar-refractivity contribution in [3.63, 3.8) is 0 Å². The molecule has 1 aromatic heterocycles. The van der Waals surface area contributed by atoms with Crippen LogP contribution in [0.25, 0.3) is 10.2 Å². The van der Waals surface area contributed by atoms with Gasteiger partial charge >= 0.3 is 5.97 Å². The number of thioether (sulfide) groups is 1. The summed E-state index contributed by atoms with van der Waals surface area (Å²) in [5, 5.41) is 0. The molecule has 0 unspecified atom stereocenters. The molecule has 0 N–H and O–H groups in total. The maximum atomic E-state index is 12.4. The van der Waals surface area contributed by atoms with Crippen molar-refractivity contribution in [2.75, 3.05) is 12.4 Å². The molecule has 0 atom stereocenters. The van der Waals surface area contributed by atoms with Crippen LogP contribution in [0.4, 0.5) is 0 Å². The third-order valence-electron chi connectivity index (χ3n) is 3.99. The van der Waals surface area contributed by atoms with E-state index in [9.17, 15) is 9.59 Å². The van der Waals surface area contributed by atoms with Crippen molar-refractivity contribution >= 4 is 45.2 Å². The maximum Gasteiger partial charge on any atom is 0.326 e. The summed E-state index contributed by atoms with van der Waals surface area (Å²) in [7, 11) is 0. The zero-order valence-corrected chi connectivity index (χ0v) is 17.5. The van der Waals surface area contributed by atoms with Crippen LogP contribution in [0, 0.1) is 6.92 Å². The highest BCUT2D eigenvalue weighted by atomic mass is 32.2. The predicted molar refractivity (Wildman–Crippen MR) is 114 cm³/mol. The molecule has 0 fully saturated rings. The lowest BCUT2D eigenvalue weighted by atomic mass is 10.2. The number of carbonyl (C=O) groups excluding carboxylic acids is 2. The number of thiazole rings is 1. The molecule has 0 aliphatic rings. The molecule has 3 aromatic rings. The lowest BCUT2D eigenvalue weighted by Crippen LogP contribution is -2.23. The van der Waals surface area contributed by atoms with Crippen LogP contribution in [0.2, 0.25) is 0 Å². The standard InChI is InChI=1S/C21H22N2O3S2/c1-3-26-20(25)12-23-17-10-9-15(2)11-18(17)28-21(23)22-19(24)14-27-13-16-7-5-4-6-8-16/h4-11H,3,12-14H2,1-2H3. The molecule has 1 heterocycles. The average Bonchev–Trinajstić information content (AvgIpc) is 2.98. The Kier molecular flexibility index (Phi) is 7.06. The molecular weight excluding hydrogens is 392 g/mol. The number of benzene rings is 2. The number of hydrogen-bond acceptors (Lipinski definition) is 5. The number of nitrogens with zero attached hydrogens (tertiary/aromatic N) is 2. The molecule has 28 heavy (non-hydrogen) atoms. The number of rotatable bonds is 7. The fourth-order valence-corrected chi connectivity index (χ4v) is 4.64. The molecule has 3 rings (SSSR count). The third kappa shape index (κ3) is 5.33. The van der Waals surface area contributed by atoms with E-state index in [0.717, 1.165) is 21.5 Å². The van der Waals surface area contributed by atoms with Crippen LogP contribution < -0.4 is 4.80 Å². The van der Waals surface area contributed by atoms with Gasteiger partial charge in [-0.05, 0) is 37.1 Å². The van der Waals surface area contributed by atoms with Crippen LogP contribution in [0.5, 0.6) is 0 Å². The Hall–Kier alpha value is -2.38. The van der Waals surface area contributed by atoms with Crippen LogP contribution in [0.15, 0.2) is 53.5 Å². The maximum absolute atomic E-state index is 12.4. The molecule has 0 bridgehead atoms. The normalized spacial score (nSPS) is 11.7. The fourth-order valence-electron chi connectivity index (χ4n) is 2.72. The number of aromatic nitrogens is 1. The molecule has 2 aromatic carbocycles. The summed E-state index contributed by atoms with van der Waals surface area (Å²) in [5.74, 6) is 0.509. The average molecular weight is 415 g/mol. The Morgan fingerprint density at radius 1 is 1.18 bits per heavy atom. The van der Waals surface area contributed by atoms with Gasteiger partial charge in [-0.25, -0.2) is 0 Å². The van der Waals surface area contributed by atoms with E-state index in [1.54, 1.807) is 11.5 Å². The smallest absolute Gasteiger partial charge is 0.326 e. The van der Waals surface area contributed by atoms with Gasteiger partial charge < -0.3 is 9.30 Å². The second-order valence-electron chi connectivity index (χ2n) is 6.23. The van der Waals surface area contributed by atoms with Crippen molar-refractivity contribution in [3.8, 4) is 0 Å². The second-order valence-corrected chi connectivity index (χ2v) is 8.23. The number of hydrogen-bond donors (Lipinski definition) is 0. The van der Waals surface area contributed by atoms with Gasteiger partial charge in [-0.1, -0.05) is 47.7 Å². The van der Waals surface area contributed by atoms with Gasteiger partial charge in [0.05, 0.1) is 22.6 Å². The quantitative estimate of drug-likeness (QED) is 0.550. The van der Waals surface area contributed by atoms with Gasteiger partial charge in [-0.15, -0.1) is 11.8 Å². The Labute approximate surface area is 172 Å². The van der Waals surface area contributed by atoms with E-state index < -0.39 is 0 Å². The van der Waals surface area contributed by atoms with Gasteiger partial charge in [0, 0.05) is 5.75 Å². The highest BCUT2D eigenvalue weighted by Crippen LogP contribution is 2.19. The highest BCUT2D eigenvalue weighted by Gasteiger charge is 2.12. The van der Waals surface area contributed by atoms with Crippen LogP contribution in [-0.4, -0.2) is 28.8 Å². The van der Waals surface area contributed by atoms with E-state index in [1.165, 1.54) is 28.7 Å². The molecule has 0 saturated carbocycles. The monoisotopic (exact) mass is 414 g/mol. The van der Waals surface area contributed by atoms with E-state index in [0.29, 0.717) is 17.2 Å². The van der Waals surface area contributed by atoms with Gasteiger partial charge in [0.25, 0.3) is 5.91 Å². The minimum absolute atomic E-state index is 0.0418. The number of carbonyl (C=O) groups is 2. The lowest BCUT2D eigenvalue weighted by molar-refractivity contribution is -0.143. The highest BCUT2D eigenvalue weighted by molar-refractivity contribution is 7.99. The van der Waals surface area contributed by atoms with Crippen molar-refractivity contribution < 1.29 is 14.3 Å². The van der Waals surface area contributed by atoms with E-state index in [1.807, 2.05) is 55.5 Å². The SMILES string of the molecule is CCOC(=O)Cn1c(=NC(=O)CSCc2ccccc2)sc2cc(C)ccc21. The Bertz CT molecular complexity index is 1040. The number of ether oxygens (including phenoxy) is 1. The van der Waals surface area contributed by atoms with Gasteiger partial charge in [0.15, 0.2) is 4.80 Å². The first-order valence-corrected chi connectivity index (χ1v) is 11.0. The first-order valence-electron chi connectivity index (χ1n) is 9.01. The summed E-state index contributed by atoms with van der Waals surface area (Å²) in [6, 6.07) is 16.0. The summed E-state index contributed by atoms with van der Waals surface area (Å²) < 4.78 is 7.83. The lowest BCUT2D eigenvalue weighted by Gasteiger charge is -2.05. The largest absolute Gasteiger partial charge is 0.465 e. The zero-order valence-electron chi connectivity index (χ0n) is 15.9. The van der Waals surface area contributed by atoms with Crippen molar-refractivity contribution in [2.45, 2.75) is 26.1 Å². The van der Waals surface area contributed by atoms with Crippen LogP contribution in [0.1, 0.15) is 18.1 Å². The number of amides is 1. The molecule has 5 nitrogen and oxygen atoms in total. The van der Waals surface area contributed by atoms with Crippen molar-refractivity contribution in [1.82, 2.24) is 4.57 Å². The van der Waals surface area contributed by atoms with Crippen molar-refractivity contribution in [2.24, 2.45) is 4.99 Å². The van der Waals surface area contributed by atoms with Crippen LogP contribution in [-0.2, 0) is 26.6 Å². The second kappa shape index (κ2) is 9.71. The molecule has 0 saturated heterocycles. The number of esters is 1. The van der Waals surface area contributed by atoms with Gasteiger partial charge in [-0.2, -0.15) is 4.99 Å². The molecule has 7 heteroatoms. The Morgan fingerprint density at radius 3 is 2.71 bits per heavy atom. The molecule has 0 aliphatic carbocycles. The van der Waals surface area contributed by atoms with Crippen molar-refractivity contribution in [1.29, 1.82) is 0 Å². The Balaban J connectivity index is 1.81. The van der Waals surface area contributed by atoms with Gasteiger partial charge in [0.2, 0.25) is 0 Å². The summed E-state index contributed by atoms with van der Waals surface area (Å²) in [6.45, 7) is 4.15. The first-order chi connectivity index (χ1) is 13.6. The molecule has 146 valence electrons. The van der Waals surface area contributed by atoms with E-state index >= 15 is 0 Å². The zero-order chi connectivity index (χ0) is 19.9. The summed E-state index contributed by atoms with van der Waals surface area (Å²) in [6.07, 6.45) is 0. The summed E-state index contributed by atoms with van der Waals surface area (Å²) in [4.78, 5) is 29.2. The molecule has 0 aliphatic heterocycles. The first kappa shape index (κ1) is 20.4. The minimum Gasteiger partial charge on any atom is -0.465 e. The summed E-state index contributed by atoms with van der Waals surface area (Å²) >= 11 is 2.95. The van der Waals surface area contributed by atoms with Crippen LogP contribution >= 0.6 is 23.1 Å². The number of aryl methyl sites for hydroxylation is 1. The topological polar surface area (TPSA) is 60.7 Å². The Morgan fingerprint density at radius 2 is 1.96 bits per heavy atom. The van der Waals surface area contributed by atoms with Crippen LogP contribution in [0.3, 0.4) is 0 Å². The molecule has 0 radical (unpaired) electrons.